The van der Waals surface area contributed by atoms with Gasteiger partial charge in [0.2, 0.25) is 10.0 Å². The molecule has 0 unspecified atom stereocenters. The summed E-state index contributed by atoms with van der Waals surface area (Å²) in [4.78, 5) is 8.91. The van der Waals surface area contributed by atoms with Gasteiger partial charge in [0, 0.05) is 25.0 Å². The van der Waals surface area contributed by atoms with Gasteiger partial charge in [0.1, 0.15) is 17.4 Å². The van der Waals surface area contributed by atoms with Gasteiger partial charge in [-0.2, -0.15) is 4.31 Å². The summed E-state index contributed by atoms with van der Waals surface area (Å²) < 4.78 is 32.4. The van der Waals surface area contributed by atoms with Crippen molar-refractivity contribution in [2.45, 2.75) is 31.3 Å². The molecule has 29 heavy (non-hydrogen) atoms. The van der Waals surface area contributed by atoms with E-state index in [1.807, 2.05) is 38.1 Å². The van der Waals surface area contributed by atoms with Gasteiger partial charge in [0.15, 0.2) is 11.4 Å². The first-order chi connectivity index (χ1) is 13.9. The summed E-state index contributed by atoms with van der Waals surface area (Å²) in [6.07, 6.45) is 1.50. The summed E-state index contributed by atoms with van der Waals surface area (Å²) in [5.41, 5.74) is 3.05. The summed E-state index contributed by atoms with van der Waals surface area (Å²) in [6, 6.07) is 14.5. The molecule has 2 heterocycles. The van der Waals surface area contributed by atoms with Crippen LogP contribution < -0.4 is 5.32 Å². The molecule has 0 aliphatic rings. The minimum atomic E-state index is -3.49. The van der Waals surface area contributed by atoms with Gasteiger partial charge in [0.05, 0.1) is 4.90 Å². The highest BCUT2D eigenvalue weighted by molar-refractivity contribution is 7.89. The van der Waals surface area contributed by atoms with Crippen molar-refractivity contribution >= 4 is 37.9 Å². The molecule has 4 rings (SSSR count). The maximum atomic E-state index is 12.6. The van der Waals surface area contributed by atoms with E-state index >= 15 is 0 Å². The number of sulfonamides is 1. The minimum absolute atomic E-state index is 0.106. The third-order valence-corrected chi connectivity index (χ3v) is 6.99. The van der Waals surface area contributed by atoms with Crippen molar-refractivity contribution in [1.29, 1.82) is 0 Å². The van der Waals surface area contributed by atoms with E-state index in [-0.39, 0.29) is 10.9 Å². The summed E-state index contributed by atoms with van der Waals surface area (Å²) in [5.74, 6) is 0.599. The zero-order chi connectivity index (χ0) is 20.6. The molecule has 2 aromatic carbocycles. The number of aromatic nitrogens is 2. The lowest BCUT2D eigenvalue weighted by atomic mass is 10.2. The van der Waals surface area contributed by atoms with E-state index in [2.05, 4.69) is 15.3 Å². The lowest BCUT2D eigenvalue weighted by Gasteiger charge is -2.21. The highest BCUT2D eigenvalue weighted by Crippen LogP contribution is 2.30. The van der Waals surface area contributed by atoms with Crippen LogP contribution in [0.4, 0.5) is 5.82 Å². The molecule has 4 aromatic rings. The predicted molar refractivity (Wildman–Crippen MR) is 113 cm³/mol. The maximum Gasteiger partial charge on any atom is 0.243 e. The molecule has 0 aliphatic carbocycles. The molecular weight excluding hydrogens is 388 g/mol. The van der Waals surface area contributed by atoms with Crippen molar-refractivity contribution in [3.63, 3.8) is 0 Å². The highest BCUT2D eigenvalue weighted by atomic mass is 32.2. The van der Waals surface area contributed by atoms with E-state index in [1.54, 1.807) is 31.3 Å². The number of benzene rings is 2. The third kappa shape index (κ3) is 3.56. The van der Waals surface area contributed by atoms with Crippen LogP contribution >= 0.6 is 0 Å². The molecule has 0 bridgehead atoms. The number of hydrogen-bond acceptors (Lipinski definition) is 6. The largest absolute Gasteiger partial charge is 0.450 e. The molecule has 0 atom stereocenters. The van der Waals surface area contributed by atoms with Gasteiger partial charge in [-0.05, 0) is 43.7 Å². The number of furan rings is 1. The van der Waals surface area contributed by atoms with Crippen LogP contribution in [0, 0.1) is 0 Å². The van der Waals surface area contributed by atoms with E-state index in [0.717, 1.165) is 22.0 Å². The van der Waals surface area contributed by atoms with E-state index in [9.17, 15) is 8.42 Å². The average molecular weight is 410 g/mol. The van der Waals surface area contributed by atoms with Crippen LogP contribution in [0.15, 0.2) is 64.2 Å². The summed E-state index contributed by atoms with van der Waals surface area (Å²) in [7, 11) is -1.90. The zero-order valence-corrected chi connectivity index (χ0v) is 17.3. The van der Waals surface area contributed by atoms with Gasteiger partial charge in [0.25, 0.3) is 0 Å². The monoisotopic (exact) mass is 410 g/mol. The molecule has 0 radical (unpaired) electrons. The summed E-state index contributed by atoms with van der Waals surface area (Å²) >= 11 is 0. The lowest BCUT2D eigenvalue weighted by Crippen LogP contribution is -2.33. The van der Waals surface area contributed by atoms with Crippen molar-refractivity contribution in [3.8, 4) is 0 Å². The molecule has 0 saturated carbocycles. The Kier molecular flexibility index (Phi) is 4.97. The van der Waals surface area contributed by atoms with Crippen LogP contribution in [0.3, 0.4) is 0 Å². The minimum Gasteiger partial charge on any atom is -0.450 e. The number of rotatable bonds is 6. The van der Waals surface area contributed by atoms with Gasteiger partial charge in [-0.1, -0.05) is 24.3 Å². The van der Waals surface area contributed by atoms with Gasteiger partial charge in [-0.25, -0.2) is 18.4 Å². The number of anilines is 1. The van der Waals surface area contributed by atoms with Crippen LogP contribution in [0.25, 0.3) is 22.1 Å². The number of hydrogen-bond donors (Lipinski definition) is 1. The number of nitrogens with one attached hydrogen (secondary N) is 1. The van der Waals surface area contributed by atoms with Gasteiger partial charge in [-0.15, -0.1) is 0 Å². The van der Waals surface area contributed by atoms with E-state index < -0.39 is 10.0 Å². The quantitative estimate of drug-likeness (QED) is 0.517. The van der Waals surface area contributed by atoms with Crippen molar-refractivity contribution in [3.05, 3.63) is 60.4 Å². The molecule has 1 N–H and O–H groups in total. The molecule has 0 saturated heterocycles. The molecule has 150 valence electrons. The molecule has 0 amide bonds. The topological polar surface area (TPSA) is 88.3 Å². The average Bonchev–Trinajstić information content (AvgIpc) is 3.11. The Labute approximate surface area is 169 Å². The van der Waals surface area contributed by atoms with Gasteiger partial charge in [-0.3, -0.25) is 0 Å². The van der Waals surface area contributed by atoms with Crippen LogP contribution in [-0.4, -0.2) is 35.8 Å². The fourth-order valence-electron chi connectivity index (χ4n) is 3.06. The fraction of sp³-hybridized carbons (Fsp3) is 0.238. The third-order valence-electron chi connectivity index (χ3n) is 4.95. The Morgan fingerprint density at radius 1 is 1.07 bits per heavy atom. The number of para-hydroxylation sites is 1. The Morgan fingerprint density at radius 2 is 1.79 bits per heavy atom. The molecule has 8 heteroatoms. The number of nitrogens with zero attached hydrogens (tertiary/aromatic N) is 3. The molecular formula is C21H22N4O3S. The smallest absolute Gasteiger partial charge is 0.243 e. The molecule has 2 aromatic heterocycles. The Morgan fingerprint density at radius 3 is 2.52 bits per heavy atom. The predicted octanol–water partition coefficient (Wildman–Crippen LogP) is 4.02. The second-order valence-electron chi connectivity index (χ2n) is 7.11. The first kappa shape index (κ1) is 19.4. The molecule has 0 spiro atoms. The van der Waals surface area contributed by atoms with Crippen LogP contribution in [0.2, 0.25) is 0 Å². The van der Waals surface area contributed by atoms with Crippen molar-refractivity contribution in [1.82, 2.24) is 14.3 Å². The SMILES string of the molecule is CC(C)N(C)S(=O)(=O)c1ccc(CNc2ncnc3c2oc2ccccc23)cc1. The zero-order valence-electron chi connectivity index (χ0n) is 16.5. The first-order valence-electron chi connectivity index (χ1n) is 9.31. The second-order valence-corrected chi connectivity index (χ2v) is 9.11. The lowest BCUT2D eigenvalue weighted by molar-refractivity contribution is 0.410. The van der Waals surface area contributed by atoms with Gasteiger partial charge < -0.3 is 9.73 Å². The number of fused-ring (bicyclic) bond motifs is 3. The fourth-order valence-corrected chi connectivity index (χ4v) is 4.43. The van der Waals surface area contributed by atoms with Crippen LogP contribution in [-0.2, 0) is 16.6 Å². The van der Waals surface area contributed by atoms with Crippen LogP contribution in [0.5, 0.6) is 0 Å². The van der Waals surface area contributed by atoms with Crippen LogP contribution in [0.1, 0.15) is 19.4 Å². The van der Waals surface area contributed by atoms with Gasteiger partial charge >= 0.3 is 0 Å². The van der Waals surface area contributed by atoms with Crippen molar-refractivity contribution in [2.24, 2.45) is 0 Å². The maximum absolute atomic E-state index is 12.6. The Hall–Kier alpha value is -2.97. The molecule has 0 fully saturated rings. The Balaban J connectivity index is 1.56. The highest BCUT2D eigenvalue weighted by Gasteiger charge is 2.22. The normalized spacial score (nSPS) is 12.3. The van der Waals surface area contributed by atoms with E-state index in [0.29, 0.717) is 17.9 Å². The standard InChI is InChI=1S/C21H22N4O3S/c1-14(2)25(3)29(26,27)16-10-8-15(9-11-16)12-22-21-20-19(23-13-24-21)17-6-4-5-7-18(17)28-20/h4-11,13-14H,12H2,1-3H3,(H,22,23,24). The van der Waals surface area contributed by atoms with E-state index in [4.69, 9.17) is 4.42 Å². The summed E-state index contributed by atoms with van der Waals surface area (Å²) in [6.45, 7) is 4.16. The summed E-state index contributed by atoms with van der Waals surface area (Å²) in [5, 5.41) is 4.20. The first-order valence-corrected chi connectivity index (χ1v) is 10.7. The van der Waals surface area contributed by atoms with E-state index in [1.165, 1.54) is 10.6 Å². The molecule has 0 aliphatic heterocycles. The second kappa shape index (κ2) is 7.46. The Bertz CT molecular complexity index is 1260. The van der Waals surface area contributed by atoms with Crippen molar-refractivity contribution < 1.29 is 12.8 Å². The van der Waals surface area contributed by atoms with Crippen molar-refractivity contribution in [2.75, 3.05) is 12.4 Å². The molecule has 7 nitrogen and oxygen atoms in total.